The molecule has 0 atom stereocenters. The number of benzene rings is 1. The molecule has 2 aliphatic heterocycles. The fourth-order valence-corrected chi connectivity index (χ4v) is 5.67. The van der Waals surface area contributed by atoms with Crippen LogP contribution >= 0.6 is 0 Å². The molecule has 1 saturated carbocycles. The van der Waals surface area contributed by atoms with Crippen LogP contribution in [0.4, 0.5) is 10.5 Å². The highest BCUT2D eigenvalue weighted by atomic mass is 16.6. The lowest BCUT2D eigenvalue weighted by Crippen LogP contribution is -2.43. The van der Waals surface area contributed by atoms with Crippen molar-refractivity contribution in [2.24, 2.45) is 5.41 Å². The number of ether oxygens (including phenoxy) is 1. The zero-order valence-corrected chi connectivity index (χ0v) is 18.6. The Morgan fingerprint density at radius 2 is 1.79 bits per heavy atom. The van der Waals surface area contributed by atoms with E-state index in [9.17, 15) is 4.79 Å². The zero-order chi connectivity index (χ0) is 20.5. The van der Waals surface area contributed by atoms with Crippen LogP contribution in [0.2, 0.25) is 0 Å². The first-order valence-electron chi connectivity index (χ1n) is 11.7. The summed E-state index contributed by atoms with van der Waals surface area (Å²) < 4.78 is 5.63. The molecule has 0 N–H and O–H groups in total. The normalized spacial score (nSPS) is 22.4. The molecular formula is C25H38N2O2. The first-order chi connectivity index (χ1) is 13.8. The van der Waals surface area contributed by atoms with Crippen LogP contribution in [0.3, 0.4) is 0 Å². The lowest BCUT2D eigenvalue weighted by atomic mass is 9.69. The molecule has 3 aliphatic rings. The first-order valence-corrected chi connectivity index (χ1v) is 11.7. The molecule has 1 amide bonds. The van der Waals surface area contributed by atoms with Gasteiger partial charge in [-0.1, -0.05) is 31.4 Å². The number of nitrogens with zero attached hydrogens (tertiary/aromatic N) is 2. The summed E-state index contributed by atoms with van der Waals surface area (Å²) in [6, 6.07) is 6.71. The van der Waals surface area contributed by atoms with Crippen molar-refractivity contribution >= 4 is 11.8 Å². The molecule has 1 spiro atoms. The van der Waals surface area contributed by atoms with Crippen molar-refractivity contribution in [3.8, 4) is 0 Å². The Morgan fingerprint density at radius 3 is 2.55 bits per heavy atom. The summed E-state index contributed by atoms with van der Waals surface area (Å²) in [5.41, 5.74) is 3.86. The smallest absolute Gasteiger partial charge is 0.414 e. The molecule has 1 saturated heterocycles. The van der Waals surface area contributed by atoms with Crippen LogP contribution in [0, 0.1) is 5.41 Å². The minimum Gasteiger partial charge on any atom is -0.443 e. The molecule has 0 radical (unpaired) electrons. The molecule has 4 rings (SSSR count). The molecule has 4 heteroatoms. The third kappa shape index (κ3) is 4.96. The number of fused-ring (bicyclic) bond motifs is 1. The number of rotatable bonds is 2. The molecular weight excluding hydrogens is 360 g/mol. The van der Waals surface area contributed by atoms with Gasteiger partial charge < -0.3 is 4.74 Å². The van der Waals surface area contributed by atoms with Gasteiger partial charge in [0.1, 0.15) is 5.60 Å². The van der Waals surface area contributed by atoms with E-state index in [0.29, 0.717) is 5.41 Å². The van der Waals surface area contributed by atoms with Gasteiger partial charge >= 0.3 is 6.09 Å². The number of hydrogen-bond acceptors (Lipinski definition) is 3. The van der Waals surface area contributed by atoms with Gasteiger partial charge in [-0.05, 0) is 88.4 Å². The number of amides is 1. The monoisotopic (exact) mass is 398 g/mol. The van der Waals surface area contributed by atoms with E-state index >= 15 is 0 Å². The van der Waals surface area contributed by atoms with Crippen molar-refractivity contribution in [3.63, 3.8) is 0 Å². The second-order valence-corrected chi connectivity index (χ2v) is 10.6. The average Bonchev–Trinajstić information content (AvgIpc) is 2.67. The van der Waals surface area contributed by atoms with Gasteiger partial charge in [0, 0.05) is 19.6 Å². The van der Waals surface area contributed by atoms with Crippen LogP contribution in [0.15, 0.2) is 18.2 Å². The Bertz CT molecular complexity index is 725. The Kier molecular flexibility index (Phi) is 5.92. The summed E-state index contributed by atoms with van der Waals surface area (Å²) in [5, 5.41) is 0. The predicted molar refractivity (Wildman–Crippen MR) is 118 cm³/mol. The topological polar surface area (TPSA) is 32.8 Å². The van der Waals surface area contributed by atoms with Crippen molar-refractivity contribution in [1.29, 1.82) is 0 Å². The maximum absolute atomic E-state index is 12.6. The Labute approximate surface area is 176 Å². The standard InChI is InChI=1S/C25H38N2O2/c1-24(2,3)29-23(28)27-16-7-9-21-17-20(10-11-22(21)27)18-26-15-8-14-25(19-26)12-5-4-6-13-25/h10-11,17H,4-9,12-16,18-19H2,1-3H3. The summed E-state index contributed by atoms with van der Waals surface area (Å²) >= 11 is 0. The lowest BCUT2D eigenvalue weighted by Gasteiger charge is -2.45. The van der Waals surface area contributed by atoms with Gasteiger partial charge in [0.05, 0.1) is 5.69 Å². The zero-order valence-electron chi connectivity index (χ0n) is 18.6. The van der Waals surface area contributed by atoms with E-state index in [1.807, 2.05) is 25.7 Å². The minimum absolute atomic E-state index is 0.221. The molecule has 0 bridgehead atoms. The van der Waals surface area contributed by atoms with Gasteiger partial charge in [0.15, 0.2) is 0 Å². The van der Waals surface area contributed by atoms with Gasteiger partial charge in [-0.3, -0.25) is 9.80 Å². The summed E-state index contributed by atoms with van der Waals surface area (Å²) in [7, 11) is 0. The predicted octanol–water partition coefficient (Wildman–Crippen LogP) is 5.92. The average molecular weight is 399 g/mol. The summed E-state index contributed by atoms with van der Waals surface area (Å²) in [6.45, 7) is 10.1. The highest BCUT2D eigenvalue weighted by Gasteiger charge is 2.36. The first kappa shape index (κ1) is 20.7. The third-order valence-corrected chi connectivity index (χ3v) is 6.94. The number of carbonyl (C=O) groups excluding carboxylic acids is 1. The molecule has 4 nitrogen and oxygen atoms in total. The maximum Gasteiger partial charge on any atom is 0.414 e. The van der Waals surface area contributed by atoms with Crippen molar-refractivity contribution in [3.05, 3.63) is 29.3 Å². The fraction of sp³-hybridized carbons (Fsp3) is 0.720. The van der Waals surface area contributed by atoms with Crippen LogP contribution in [-0.4, -0.2) is 36.2 Å². The number of anilines is 1. The molecule has 29 heavy (non-hydrogen) atoms. The molecule has 2 heterocycles. The molecule has 1 aromatic carbocycles. The van der Waals surface area contributed by atoms with Crippen LogP contribution in [-0.2, 0) is 17.7 Å². The summed E-state index contributed by atoms with van der Waals surface area (Å²) in [4.78, 5) is 17.2. The number of piperidine rings is 1. The van der Waals surface area contributed by atoms with E-state index < -0.39 is 5.60 Å². The van der Waals surface area contributed by atoms with E-state index in [0.717, 1.165) is 31.6 Å². The Balaban J connectivity index is 1.45. The summed E-state index contributed by atoms with van der Waals surface area (Å²) in [6.07, 6.45) is 11.7. The van der Waals surface area contributed by atoms with Crippen molar-refractivity contribution in [1.82, 2.24) is 4.90 Å². The second kappa shape index (κ2) is 8.29. The molecule has 160 valence electrons. The van der Waals surface area contributed by atoms with E-state index in [1.165, 1.54) is 69.2 Å². The summed E-state index contributed by atoms with van der Waals surface area (Å²) in [5.74, 6) is 0. The SMILES string of the molecule is CC(C)(C)OC(=O)N1CCCc2cc(CN3CCCC4(CCCCC4)C3)ccc21. The van der Waals surface area contributed by atoms with Gasteiger partial charge in [-0.2, -0.15) is 0 Å². The quantitative estimate of drug-likeness (QED) is 0.620. The lowest BCUT2D eigenvalue weighted by molar-refractivity contribution is 0.0493. The molecule has 1 aliphatic carbocycles. The van der Waals surface area contributed by atoms with Crippen LogP contribution in [0.5, 0.6) is 0 Å². The van der Waals surface area contributed by atoms with E-state index in [4.69, 9.17) is 4.74 Å². The van der Waals surface area contributed by atoms with Gasteiger partial charge in [0.25, 0.3) is 0 Å². The van der Waals surface area contributed by atoms with Gasteiger partial charge in [-0.15, -0.1) is 0 Å². The number of carbonyl (C=O) groups is 1. The van der Waals surface area contributed by atoms with Gasteiger partial charge in [-0.25, -0.2) is 4.79 Å². The molecule has 1 aromatic rings. The number of aryl methyl sites for hydroxylation is 1. The van der Waals surface area contributed by atoms with Crippen molar-refractivity contribution in [2.75, 3.05) is 24.5 Å². The molecule has 2 fully saturated rings. The largest absolute Gasteiger partial charge is 0.443 e. The Hall–Kier alpha value is -1.55. The van der Waals surface area contributed by atoms with Gasteiger partial charge in [0.2, 0.25) is 0 Å². The van der Waals surface area contributed by atoms with E-state index in [2.05, 4.69) is 23.1 Å². The fourth-order valence-electron chi connectivity index (χ4n) is 5.67. The second-order valence-electron chi connectivity index (χ2n) is 10.6. The van der Waals surface area contributed by atoms with E-state index in [-0.39, 0.29) is 6.09 Å². The van der Waals surface area contributed by atoms with E-state index in [1.54, 1.807) is 0 Å². The van der Waals surface area contributed by atoms with Crippen molar-refractivity contribution in [2.45, 2.75) is 90.7 Å². The Morgan fingerprint density at radius 1 is 1.03 bits per heavy atom. The minimum atomic E-state index is -0.460. The third-order valence-electron chi connectivity index (χ3n) is 6.94. The highest BCUT2D eigenvalue weighted by molar-refractivity contribution is 5.89. The maximum atomic E-state index is 12.6. The molecule has 0 unspecified atom stereocenters. The number of likely N-dealkylation sites (tertiary alicyclic amines) is 1. The molecule has 0 aromatic heterocycles. The van der Waals surface area contributed by atoms with Crippen molar-refractivity contribution < 1.29 is 9.53 Å². The highest BCUT2D eigenvalue weighted by Crippen LogP contribution is 2.43. The van der Waals surface area contributed by atoms with Crippen LogP contribution < -0.4 is 4.90 Å². The number of hydrogen-bond donors (Lipinski definition) is 0. The van der Waals surface area contributed by atoms with Crippen LogP contribution in [0.25, 0.3) is 0 Å². The van der Waals surface area contributed by atoms with Crippen LogP contribution in [0.1, 0.15) is 83.3 Å².